The number of rotatable bonds is 9. The Balaban J connectivity index is 1.58. The van der Waals surface area contributed by atoms with Gasteiger partial charge in [-0.15, -0.1) is 0 Å². The van der Waals surface area contributed by atoms with E-state index in [2.05, 4.69) is 10.1 Å². The highest BCUT2D eigenvalue weighted by Crippen LogP contribution is 2.62. The second kappa shape index (κ2) is 9.82. The molecule has 0 amide bonds. The summed E-state index contributed by atoms with van der Waals surface area (Å²) in [6, 6.07) is 8.38. The van der Waals surface area contributed by atoms with Crippen molar-refractivity contribution in [3.63, 3.8) is 0 Å². The molecule has 1 aliphatic heterocycles. The van der Waals surface area contributed by atoms with Gasteiger partial charge in [-0.25, -0.2) is 4.57 Å². The maximum atomic E-state index is 13.8. The molecule has 1 spiro atoms. The molecule has 2 aliphatic rings. The van der Waals surface area contributed by atoms with Crippen LogP contribution in [0.5, 0.6) is 5.75 Å². The number of aromatic nitrogens is 2. The van der Waals surface area contributed by atoms with Gasteiger partial charge < -0.3 is 24.2 Å². The summed E-state index contributed by atoms with van der Waals surface area (Å²) in [7, 11) is -4.22. The second-order valence-electron chi connectivity index (χ2n) is 8.87. The lowest BCUT2D eigenvalue weighted by Gasteiger charge is -2.28. The van der Waals surface area contributed by atoms with E-state index in [1.54, 1.807) is 37.3 Å². The molecule has 2 fully saturated rings. The molecule has 0 bridgehead atoms. The first-order valence-electron chi connectivity index (χ1n) is 11.3. The zero-order valence-electron chi connectivity index (χ0n) is 19.8. The van der Waals surface area contributed by atoms with Crippen molar-refractivity contribution in [1.29, 1.82) is 0 Å². The standard InChI is InChI=1S/C22H28N3O9PS/c1-4-31-17(27)13(2)24-35(30,33-14-8-6-5-7-9-14)34-15-12-22(15)18(28)21(3,29)19(32-22)25-11-10-16(26)23-20(25)36/h5-11,13,15,18-19,28-29H,4,12H2,1-3H3,(H,24,30)(H,23,26,36). The van der Waals surface area contributed by atoms with Crippen LogP contribution in [0.1, 0.15) is 33.4 Å². The van der Waals surface area contributed by atoms with Crippen LogP contribution in [-0.4, -0.2) is 61.8 Å². The van der Waals surface area contributed by atoms with Gasteiger partial charge in [0.05, 0.1) is 6.61 Å². The average Bonchev–Trinajstić information content (AvgIpc) is 3.45. The number of aliphatic hydroxyl groups is 2. The zero-order chi connectivity index (χ0) is 26.3. The van der Waals surface area contributed by atoms with Crippen molar-refractivity contribution in [2.24, 2.45) is 0 Å². The number of aliphatic hydroxyl groups excluding tert-OH is 1. The minimum absolute atomic E-state index is 0.0156. The zero-order valence-corrected chi connectivity index (χ0v) is 21.5. The van der Waals surface area contributed by atoms with Crippen LogP contribution in [0, 0.1) is 4.77 Å². The summed E-state index contributed by atoms with van der Waals surface area (Å²) in [4.78, 5) is 26.2. The van der Waals surface area contributed by atoms with Crippen molar-refractivity contribution in [3.8, 4) is 5.75 Å². The van der Waals surface area contributed by atoms with Crippen LogP contribution in [-0.2, 0) is 23.4 Å². The summed E-state index contributed by atoms with van der Waals surface area (Å²) in [5, 5.41) is 24.7. The molecule has 2 aromatic rings. The molecule has 1 saturated carbocycles. The summed E-state index contributed by atoms with van der Waals surface area (Å²) in [6.45, 7) is 4.58. The number of H-pyrrole nitrogens is 1. The fourth-order valence-electron chi connectivity index (χ4n) is 4.16. The molecular formula is C22H28N3O9PS. The van der Waals surface area contributed by atoms with Gasteiger partial charge in [0.2, 0.25) is 0 Å². The lowest BCUT2D eigenvalue weighted by Crippen LogP contribution is -2.45. The molecule has 14 heteroatoms. The van der Waals surface area contributed by atoms with Gasteiger partial charge in [-0.1, -0.05) is 18.2 Å². The average molecular weight is 542 g/mol. The Bertz CT molecular complexity index is 1280. The molecule has 1 aromatic carbocycles. The number of para-hydroxylation sites is 1. The van der Waals surface area contributed by atoms with E-state index >= 15 is 0 Å². The summed E-state index contributed by atoms with van der Waals surface area (Å²) in [5.41, 5.74) is -3.72. The normalized spacial score (nSPS) is 31.5. The summed E-state index contributed by atoms with van der Waals surface area (Å²) >= 11 is 5.18. The van der Waals surface area contributed by atoms with Gasteiger partial charge in [-0.3, -0.25) is 23.7 Å². The molecule has 12 nitrogen and oxygen atoms in total. The van der Waals surface area contributed by atoms with E-state index in [1.165, 1.54) is 30.7 Å². The quantitative estimate of drug-likeness (QED) is 0.208. The minimum Gasteiger partial charge on any atom is -0.465 e. The number of ether oxygens (including phenoxy) is 2. The van der Waals surface area contributed by atoms with Crippen LogP contribution >= 0.6 is 20.0 Å². The highest BCUT2D eigenvalue weighted by Gasteiger charge is 2.75. The first kappa shape index (κ1) is 26.7. The Labute approximate surface area is 211 Å². The lowest BCUT2D eigenvalue weighted by atomic mass is 9.95. The third-order valence-corrected chi connectivity index (χ3v) is 8.07. The van der Waals surface area contributed by atoms with E-state index in [0.717, 1.165) is 0 Å². The topological polar surface area (TPSA) is 161 Å². The maximum absolute atomic E-state index is 13.8. The van der Waals surface area contributed by atoms with Gasteiger partial charge in [-0.2, -0.15) is 5.09 Å². The fraction of sp³-hybridized carbons (Fsp3) is 0.500. The van der Waals surface area contributed by atoms with Gasteiger partial charge in [0, 0.05) is 18.7 Å². The first-order chi connectivity index (χ1) is 16.9. The largest absolute Gasteiger partial charge is 0.465 e. The number of benzene rings is 1. The van der Waals surface area contributed by atoms with Crippen molar-refractivity contribution in [3.05, 3.63) is 57.7 Å². The molecule has 4 rings (SSSR count). The smallest absolute Gasteiger partial charge is 0.459 e. The minimum atomic E-state index is -4.22. The van der Waals surface area contributed by atoms with E-state index in [1.807, 2.05) is 0 Å². The van der Waals surface area contributed by atoms with E-state index in [4.69, 9.17) is 30.7 Å². The van der Waals surface area contributed by atoms with Crippen molar-refractivity contribution in [2.75, 3.05) is 6.61 Å². The Kier molecular flexibility index (Phi) is 7.28. The van der Waals surface area contributed by atoms with Crippen LogP contribution in [0.3, 0.4) is 0 Å². The highest BCUT2D eigenvalue weighted by atomic mass is 32.1. The van der Waals surface area contributed by atoms with Crippen LogP contribution in [0.25, 0.3) is 0 Å². The van der Waals surface area contributed by atoms with Gasteiger partial charge >= 0.3 is 13.7 Å². The molecule has 1 aromatic heterocycles. The van der Waals surface area contributed by atoms with E-state index in [9.17, 15) is 24.4 Å². The SMILES string of the molecule is CCOC(=O)C(C)NP(=O)(Oc1ccccc1)OC1CC12OC(n1ccc(=O)[nH]c1=S)C(C)(O)C2O. The first-order valence-corrected chi connectivity index (χ1v) is 13.2. The molecule has 7 unspecified atom stereocenters. The third-order valence-electron chi connectivity index (χ3n) is 6.07. The van der Waals surface area contributed by atoms with Gasteiger partial charge in [-0.05, 0) is 45.1 Å². The Morgan fingerprint density at radius 2 is 2.08 bits per heavy atom. The number of hydrogen-bond donors (Lipinski definition) is 4. The van der Waals surface area contributed by atoms with Crippen LogP contribution in [0.4, 0.5) is 0 Å². The van der Waals surface area contributed by atoms with Gasteiger partial charge in [0.25, 0.3) is 5.56 Å². The Morgan fingerprint density at radius 3 is 2.72 bits per heavy atom. The summed E-state index contributed by atoms with van der Waals surface area (Å²) < 4.78 is 37.5. The highest BCUT2D eigenvalue weighted by molar-refractivity contribution is 7.71. The van der Waals surface area contributed by atoms with E-state index < -0.39 is 55.0 Å². The van der Waals surface area contributed by atoms with E-state index in [-0.39, 0.29) is 23.5 Å². The van der Waals surface area contributed by atoms with Crippen LogP contribution in [0.15, 0.2) is 47.4 Å². The summed E-state index contributed by atoms with van der Waals surface area (Å²) in [5.74, 6) is -0.438. The molecule has 0 radical (unpaired) electrons. The lowest BCUT2D eigenvalue weighted by molar-refractivity contribution is -0.144. The number of nitrogens with one attached hydrogen (secondary N) is 2. The predicted octanol–water partition coefficient (Wildman–Crippen LogP) is 1.80. The number of aromatic amines is 1. The van der Waals surface area contributed by atoms with Gasteiger partial charge in [0.15, 0.2) is 11.0 Å². The molecule has 2 heterocycles. The number of carbonyl (C=O) groups excluding carboxylic acids is 1. The number of carbonyl (C=O) groups is 1. The molecule has 4 N–H and O–H groups in total. The number of nitrogens with zero attached hydrogens (tertiary/aromatic N) is 1. The monoisotopic (exact) mass is 541 g/mol. The molecule has 1 aliphatic carbocycles. The molecular weight excluding hydrogens is 513 g/mol. The predicted molar refractivity (Wildman–Crippen MR) is 129 cm³/mol. The van der Waals surface area contributed by atoms with Crippen molar-refractivity contribution < 1.29 is 38.1 Å². The Hall–Kier alpha value is -2.38. The van der Waals surface area contributed by atoms with Crippen LogP contribution in [0.2, 0.25) is 0 Å². The summed E-state index contributed by atoms with van der Waals surface area (Å²) in [6.07, 6.45) is -2.21. The van der Waals surface area contributed by atoms with Crippen molar-refractivity contribution in [1.82, 2.24) is 14.6 Å². The van der Waals surface area contributed by atoms with Gasteiger partial charge in [0.1, 0.15) is 35.2 Å². The molecule has 1 saturated heterocycles. The maximum Gasteiger partial charge on any atom is 0.459 e. The number of hydrogen-bond acceptors (Lipinski definition) is 10. The second-order valence-corrected chi connectivity index (χ2v) is 10.9. The Morgan fingerprint density at radius 1 is 1.39 bits per heavy atom. The molecule has 196 valence electrons. The molecule has 7 atom stereocenters. The molecule has 36 heavy (non-hydrogen) atoms. The number of esters is 1. The van der Waals surface area contributed by atoms with Crippen LogP contribution < -0.4 is 15.2 Å². The van der Waals surface area contributed by atoms with Crippen molar-refractivity contribution in [2.45, 2.75) is 62.9 Å². The third kappa shape index (κ3) is 5.05. The fourth-order valence-corrected chi connectivity index (χ4v) is 6.14. The van der Waals surface area contributed by atoms with E-state index in [0.29, 0.717) is 0 Å². The van der Waals surface area contributed by atoms with Crippen molar-refractivity contribution >= 4 is 25.9 Å².